The third-order valence-corrected chi connectivity index (χ3v) is 5.46. The largest absolute Gasteiger partial charge is 0.490 e. The van der Waals surface area contributed by atoms with Gasteiger partial charge in [-0.1, -0.05) is 25.8 Å². The molecule has 2 rings (SSSR count). The number of nitriles is 1. The van der Waals surface area contributed by atoms with Gasteiger partial charge in [-0.15, -0.1) is 0 Å². The lowest BCUT2D eigenvalue weighted by Crippen LogP contribution is -2.41. The van der Waals surface area contributed by atoms with Crippen molar-refractivity contribution in [3.63, 3.8) is 0 Å². The molecule has 1 fully saturated rings. The molecule has 0 aromatic heterocycles. The van der Waals surface area contributed by atoms with Crippen LogP contribution in [0.2, 0.25) is 0 Å². The van der Waals surface area contributed by atoms with Gasteiger partial charge in [0.1, 0.15) is 11.6 Å². The van der Waals surface area contributed by atoms with E-state index in [2.05, 4.69) is 12.2 Å². The maximum Gasteiger partial charge on any atom is 0.262 e. The maximum absolute atomic E-state index is 12.7. The Bertz CT molecular complexity index is 857. The summed E-state index contributed by atoms with van der Waals surface area (Å²) in [5, 5.41) is 12.5. The monoisotopic (exact) mass is 427 g/mol. The Morgan fingerprint density at radius 1 is 1.29 bits per heavy atom. The van der Waals surface area contributed by atoms with Crippen molar-refractivity contribution in [1.82, 2.24) is 10.2 Å². The number of benzene rings is 1. The third kappa shape index (κ3) is 6.74. The van der Waals surface area contributed by atoms with Crippen LogP contribution in [0.25, 0.3) is 6.08 Å². The third-order valence-electron chi connectivity index (χ3n) is 5.46. The Balaban J connectivity index is 2.20. The maximum atomic E-state index is 12.7. The normalized spacial score (nSPS) is 19.7. The first-order chi connectivity index (χ1) is 14.8. The predicted molar refractivity (Wildman–Crippen MR) is 120 cm³/mol. The first kappa shape index (κ1) is 24.3. The molecule has 0 radical (unpaired) electrons. The Hall–Kier alpha value is -3.01. The van der Waals surface area contributed by atoms with Crippen LogP contribution in [0, 0.1) is 17.2 Å². The van der Waals surface area contributed by atoms with E-state index in [-0.39, 0.29) is 23.4 Å². The fourth-order valence-corrected chi connectivity index (χ4v) is 3.68. The number of likely N-dealkylation sites (N-methyl/N-ethyl adjacent to an activating group) is 1. The van der Waals surface area contributed by atoms with E-state index in [1.54, 1.807) is 45.3 Å². The van der Waals surface area contributed by atoms with E-state index in [1.165, 1.54) is 11.3 Å². The van der Waals surface area contributed by atoms with Gasteiger partial charge in [0.25, 0.3) is 11.8 Å². The van der Waals surface area contributed by atoms with Crippen LogP contribution in [0.5, 0.6) is 11.5 Å². The molecule has 0 bridgehead atoms. The number of ether oxygens (including phenoxy) is 2. The summed E-state index contributed by atoms with van der Waals surface area (Å²) < 4.78 is 11.5. The molecule has 1 aromatic rings. The molecule has 168 valence electrons. The van der Waals surface area contributed by atoms with Gasteiger partial charge < -0.3 is 19.7 Å². The Labute approximate surface area is 185 Å². The Morgan fingerprint density at radius 2 is 2.00 bits per heavy atom. The summed E-state index contributed by atoms with van der Waals surface area (Å²) in [7, 11) is 3.34. The van der Waals surface area contributed by atoms with Gasteiger partial charge in [0.2, 0.25) is 0 Å². The van der Waals surface area contributed by atoms with Crippen molar-refractivity contribution in [2.24, 2.45) is 5.92 Å². The minimum absolute atomic E-state index is 0.0463. The molecule has 1 aliphatic rings. The van der Waals surface area contributed by atoms with Gasteiger partial charge in [0, 0.05) is 20.1 Å². The van der Waals surface area contributed by atoms with Crippen molar-refractivity contribution in [2.75, 3.05) is 20.7 Å². The zero-order chi connectivity index (χ0) is 23.0. The van der Waals surface area contributed by atoms with Crippen LogP contribution in [0.15, 0.2) is 23.8 Å². The fourth-order valence-electron chi connectivity index (χ4n) is 3.68. The van der Waals surface area contributed by atoms with Gasteiger partial charge in [-0.05, 0) is 56.4 Å². The van der Waals surface area contributed by atoms with Crippen molar-refractivity contribution in [2.45, 2.75) is 58.6 Å². The van der Waals surface area contributed by atoms with E-state index in [1.807, 2.05) is 13.0 Å². The smallest absolute Gasteiger partial charge is 0.262 e. The molecule has 7 nitrogen and oxygen atoms in total. The molecular formula is C24H33N3O4. The summed E-state index contributed by atoms with van der Waals surface area (Å²) in [6, 6.07) is 7.24. The summed E-state index contributed by atoms with van der Waals surface area (Å²) >= 11 is 0. The highest BCUT2D eigenvalue weighted by molar-refractivity contribution is 6.01. The summed E-state index contributed by atoms with van der Waals surface area (Å²) in [5.41, 5.74) is 0.691. The molecule has 7 heteroatoms. The summed E-state index contributed by atoms with van der Waals surface area (Å²) in [6.07, 6.45) is 5.18. The van der Waals surface area contributed by atoms with Crippen LogP contribution < -0.4 is 14.8 Å². The highest BCUT2D eigenvalue weighted by atomic mass is 16.5. The van der Waals surface area contributed by atoms with E-state index >= 15 is 0 Å². The average Bonchev–Trinajstić information content (AvgIpc) is 2.74. The van der Waals surface area contributed by atoms with Gasteiger partial charge in [0.15, 0.2) is 17.6 Å². The zero-order valence-corrected chi connectivity index (χ0v) is 19.1. The summed E-state index contributed by atoms with van der Waals surface area (Å²) in [6.45, 7) is 6.07. The van der Waals surface area contributed by atoms with Crippen molar-refractivity contribution in [3.05, 3.63) is 29.3 Å². The highest BCUT2D eigenvalue weighted by Gasteiger charge is 2.24. The van der Waals surface area contributed by atoms with Gasteiger partial charge in [-0.25, -0.2) is 0 Å². The quantitative estimate of drug-likeness (QED) is 0.506. The molecular weight excluding hydrogens is 394 g/mol. The second kappa shape index (κ2) is 11.4. The molecule has 3 atom stereocenters. The molecule has 1 aliphatic carbocycles. The summed E-state index contributed by atoms with van der Waals surface area (Å²) in [5.74, 6) is 0.774. The summed E-state index contributed by atoms with van der Waals surface area (Å²) in [4.78, 5) is 26.2. The van der Waals surface area contributed by atoms with Gasteiger partial charge in [-0.2, -0.15) is 5.26 Å². The first-order valence-corrected chi connectivity index (χ1v) is 10.8. The second-order valence-electron chi connectivity index (χ2n) is 8.14. The molecule has 0 heterocycles. The van der Waals surface area contributed by atoms with Gasteiger partial charge in [0.05, 0.1) is 6.61 Å². The molecule has 0 aliphatic heterocycles. The van der Waals surface area contributed by atoms with Crippen LogP contribution in [0.1, 0.15) is 52.0 Å². The number of carbonyl (C=O) groups is 2. The molecule has 3 unspecified atom stereocenters. The number of hydrogen-bond donors (Lipinski definition) is 1. The van der Waals surface area contributed by atoms with Crippen LogP contribution in [-0.4, -0.2) is 49.6 Å². The first-order valence-electron chi connectivity index (χ1n) is 10.8. The minimum atomic E-state index is -0.673. The van der Waals surface area contributed by atoms with Crippen LogP contribution in [0.4, 0.5) is 0 Å². The number of nitrogens with zero attached hydrogens (tertiary/aromatic N) is 2. The lowest BCUT2D eigenvalue weighted by molar-refractivity contribution is -0.135. The van der Waals surface area contributed by atoms with Crippen molar-refractivity contribution in [1.29, 1.82) is 5.26 Å². The second-order valence-corrected chi connectivity index (χ2v) is 8.14. The molecule has 2 amide bonds. The fraction of sp³-hybridized carbons (Fsp3) is 0.542. The lowest BCUT2D eigenvalue weighted by atomic mass is 9.86. The molecule has 1 N–H and O–H groups in total. The van der Waals surface area contributed by atoms with E-state index in [0.717, 1.165) is 19.3 Å². The number of amides is 2. The van der Waals surface area contributed by atoms with E-state index in [9.17, 15) is 14.9 Å². The topological polar surface area (TPSA) is 91.7 Å². The van der Waals surface area contributed by atoms with Crippen LogP contribution >= 0.6 is 0 Å². The van der Waals surface area contributed by atoms with E-state index in [0.29, 0.717) is 29.6 Å². The number of rotatable bonds is 8. The molecule has 0 saturated heterocycles. The van der Waals surface area contributed by atoms with Crippen LogP contribution in [-0.2, 0) is 9.59 Å². The van der Waals surface area contributed by atoms with Crippen molar-refractivity contribution in [3.8, 4) is 17.6 Å². The number of carbonyl (C=O) groups excluding carboxylic acids is 2. The van der Waals surface area contributed by atoms with Gasteiger partial charge >= 0.3 is 0 Å². The molecule has 1 saturated carbocycles. The highest BCUT2D eigenvalue weighted by Crippen LogP contribution is 2.30. The van der Waals surface area contributed by atoms with E-state index < -0.39 is 6.10 Å². The van der Waals surface area contributed by atoms with Crippen molar-refractivity contribution >= 4 is 17.9 Å². The average molecular weight is 428 g/mol. The predicted octanol–water partition coefficient (Wildman–Crippen LogP) is 3.54. The Kier molecular flexibility index (Phi) is 8.92. The zero-order valence-electron chi connectivity index (χ0n) is 19.1. The van der Waals surface area contributed by atoms with Gasteiger partial charge in [-0.3, -0.25) is 9.59 Å². The standard InChI is InChI=1S/C24H33N3O4/c1-6-30-22-14-18(11-12-21(22)31-17(3)24(29)27(4)5)13-19(15-25)23(28)26-20-10-8-7-9-16(20)2/h11-14,16-17,20H,6-10H2,1-5H3,(H,26,28)/b19-13+. The number of nitrogens with one attached hydrogen (secondary N) is 1. The molecule has 0 spiro atoms. The minimum Gasteiger partial charge on any atom is -0.490 e. The van der Waals surface area contributed by atoms with Crippen LogP contribution in [0.3, 0.4) is 0 Å². The van der Waals surface area contributed by atoms with E-state index in [4.69, 9.17) is 9.47 Å². The Morgan fingerprint density at radius 3 is 2.61 bits per heavy atom. The SMILES string of the molecule is CCOc1cc(/C=C(\C#N)C(=O)NC2CCCCC2C)ccc1OC(C)C(=O)N(C)C. The van der Waals surface area contributed by atoms with Crippen molar-refractivity contribution < 1.29 is 19.1 Å². The lowest BCUT2D eigenvalue weighted by Gasteiger charge is -2.29. The number of hydrogen-bond acceptors (Lipinski definition) is 5. The molecule has 31 heavy (non-hydrogen) atoms. The molecule has 1 aromatic carbocycles.